The summed E-state index contributed by atoms with van der Waals surface area (Å²) in [4.78, 5) is 4.88. The monoisotopic (exact) mass is 462 g/mol. The molecule has 0 fully saturated rings. The van der Waals surface area contributed by atoms with Crippen LogP contribution in [0, 0.1) is 11.3 Å². The van der Waals surface area contributed by atoms with E-state index in [4.69, 9.17) is 4.98 Å². The van der Waals surface area contributed by atoms with Crippen LogP contribution in [0.25, 0.3) is 28.1 Å². The van der Waals surface area contributed by atoms with E-state index in [1.807, 2.05) is 54.6 Å². The van der Waals surface area contributed by atoms with Gasteiger partial charge in [-0.3, -0.25) is 8.97 Å². The second kappa shape index (κ2) is 8.47. The molecule has 34 heavy (non-hydrogen) atoms. The Kier molecular flexibility index (Phi) is 5.16. The molecule has 6 nitrogen and oxygen atoms in total. The third kappa shape index (κ3) is 3.22. The lowest BCUT2D eigenvalue weighted by molar-refractivity contribution is 0.662. The van der Waals surface area contributed by atoms with E-state index < -0.39 is 0 Å². The first-order chi connectivity index (χ1) is 16.8. The largest absolute Gasteiger partial charge is 0.298 e. The third-order valence-electron chi connectivity index (χ3n) is 6.38. The minimum atomic E-state index is 0.603. The Morgan fingerprint density at radius 2 is 1.76 bits per heavy atom. The summed E-state index contributed by atoms with van der Waals surface area (Å²) in [5.41, 5.74) is 6.71. The highest BCUT2D eigenvalue weighted by atomic mass is 32.2. The summed E-state index contributed by atoms with van der Waals surface area (Å²) in [5, 5.41) is 21.1. The number of nitrogens with zero attached hydrogens (tertiary/aromatic N) is 6. The minimum Gasteiger partial charge on any atom is -0.298 e. The number of imidazole rings is 1. The minimum absolute atomic E-state index is 0.603. The topological polar surface area (TPSA) is 71.8 Å². The van der Waals surface area contributed by atoms with Crippen molar-refractivity contribution >= 4 is 28.4 Å². The van der Waals surface area contributed by atoms with Gasteiger partial charge in [0.2, 0.25) is 0 Å². The number of hydrogen-bond acceptors (Lipinski definition) is 5. The molecule has 1 aliphatic carbocycles. The van der Waals surface area contributed by atoms with Crippen LogP contribution >= 0.6 is 11.8 Å². The van der Waals surface area contributed by atoms with Gasteiger partial charge < -0.3 is 0 Å². The molecule has 3 aromatic heterocycles. The van der Waals surface area contributed by atoms with Crippen molar-refractivity contribution in [2.24, 2.45) is 0 Å². The van der Waals surface area contributed by atoms with Crippen molar-refractivity contribution in [3.05, 3.63) is 83.9 Å². The van der Waals surface area contributed by atoms with Crippen LogP contribution in [0.5, 0.6) is 0 Å². The summed E-state index contributed by atoms with van der Waals surface area (Å²) >= 11 is 1.61. The Morgan fingerprint density at radius 1 is 1.00 bits per heavy atom. The number of nitriles is 1. The molecule has 0 atom stereocenters. The maximum atomic E-state index is 10.1. The third-order valence-corrected chi connectivity index (χ3v) is 7.48. The Balaban J connectivity index is 1.61. The van der Waals surface area contributed by atoms with Gasteiger partial charge in [0.15, 0.2) is 16.6 Å². The van der Waals surface area contributed by atoms with Crippen molar-refractivity contribution in [3.8, 4) is 17.5 Å². The van der Waals surface area contributed by atoms with Crippen LogP contribution < -0.4 is 0 Å². The predicted molar refractivity (Wildman–Crippen MR) is 134 cm³/mol. The number of rotatable bonds is 5. The highest BCUT2D eigenvalue weighted by Crippen LogP contribution is 2.40. The molecule has 0 amide bonds. The number of para-hydroxylation sites is 2. The van der Waals surface area contributed by atoms with Gasteiger partial charge in [0.25, 0.3) is 0 Å². The molecular formula is C27H22N6S. The summed E-state index contributed by atoms with van der Waals surface area (Å²) in [6, 6.07) is 20.6. The van der Waals surface area contributed by atoms with Gasteiger partial charge in [0.05, 0.1) is 21.6 Å². The average molecular weight is 463 g/mol. The zero-order valence-electron chi connectivity index (χ0n) is 18.6. The van der Waals surface area contributed by atoms with Gasteiger partial charge in [0.1, 0.15) is 6.07 Å². The zero-order valence-corrected chi connectivity index (χ0v) is 19.4. The molecule has 6 rings (SSSR count). The Morgan fingerprint density at radius 3 is 2.56 bits per heavy atom. The number of fused-ring (bicyclic) bond motifs is 4. The molecule has 0 bridgehead atoms. The fourth-order valence-corrected chi connectivity index (χ4v) is 6.01. The van der Waals surface area contributed by atoms with Crippen LogP contribution in [-0.2, 0) is 19.4 Å². The lowest BCUT2D eigenvalue weighted by Crippen LogP contribution is -2.12. The summed E-state index contributed by atoms with van der Waals surface area (Å²) < 4.78 is 4.25. The second-order valence-corrected chi connectivity index (χ2v) is 9.35. The van der Waals surface area contributed by atoms with Crippen LogP contribution in [0.4, 0.5) is 0 Å². The molecule has 0 N–H and O–H groups in total. The highest BCUT2D eigenvalue weighted by Gasteiger charge is 2.26. The van der Waals surface area contributed by atoms with Gasteiger partial charge in [-0.25, -0.2) is 4.98 Å². The molecular weight excluding hydrogens is 440 g/mol. The van der Waals surface area contributed by atoms with E-state index in [2.05, 4.69) is 37.9 Å². The second-order valence-electron chi connectivity index (χ2n) is 8.39. The number of aromatic nitrogens is 5. The van der Waals surface area contributed by atoms with E-state index in [1.54, 1.807) is 11.8 Å². The first kappa shape index (κ1) is 20.7. The lowest BCUT2D eigenvalue weighted by atomic mass is 9.90. The SMILES string of the molecule is C=CCn1c(Sc2c3c(c(C#N)c4nc5ccccc5n24)CCCC3)nnc1-c1ccccc1. The van der Waals surface area contributed by atoms with Crippen LogP contribution in [-0.4, -0.2) is 24.1 Å². The molecule has 0 spiro atoms. The van der Waals surface area contributed by atoms with Crippen molar-refractivity contribution < 1.29 is 0 Å². The number of pyridine rings is 1. The standard InChI is InChI=1S/C27H22N6S/c1-2-16-32-24(18-10-4-3-5-11-18)30-31-27(32)34-26-20-13-7-6-12-19(20)21(17-28)25-29-22-14-8-9-15-23(22)33(25)26/h2-5,8-11,14-15H,1,6-7,12-13,16H2. The number of allylic oxidation sites excluding steroid dienone is 1. The van der Waals surface area contributed by atoms with Gasteiger partial charge in [-0.1, -0.05) is 48.5 Å². The first-order valence-electron chi connectivity index (χ1n) is 11.4. The zero-order chi connectivity index (χ0) is 23.1. The maximum absolute atomic E-state index is 10.1. The normalized spacial score (nSPS) is 13.1. The molecule has 0 radical (unpaired) electrons. The molecule has 0 aliphatic heterocycles. The summed E-state index contributed by atoms with van der Waals surface area (Å²) in [5.74, 6) is 0.817. The quantitative estimate of drug-likeness (QED) is 0.307. The molecule has 0 saturated carbocycles. The van der Waals surface area contributed by atoms with Gasteiger partial charge in [-0.05, 0) is 60.7 Å². The van der Waals surface area contributed by atoms with E-state index in [0.717, 1.165) is 69.5 Å². The molecule has 5 aromatic rings. The molecule has 1 aliphatic rings. The molecule has 0 unspecified atom stereocenters. The molecule has 3 heterocycles. The Bertz CT molecular complexity index is 1590. The van der Waals surface area contributed by atoms with Crippen LogP contribution in [0.2, 0.25) is 0 Å². The van der Waals surface area contributed by atoms with Crippen LogP contribution in [0.15, 0.2) is 77.4 Å². The fraction of sp³-hybridized carbons (Fsp3) is 0.185. The summed E-state index contributed by atoms with van der Waals surface area (Å²) in [6.45, 7) is 4.56. The molecule has 166 valence electrons. The first-order valence-corrected chi connectivity index (χ1v) is 12.2. The predicted octanol–water partition coefficient (Wildman–Crippen LogP) is 5.83. The van der Waals surface area contributed by atoms with E-state index in [0.29, 0.717) is 12.1 Å². The van der Waals surface area contributed by atoms with Crippen LogP contribution in [0.1, 0.15) is 29.5 Å². The maximum Gasteiger partial charge on any atom is 0.198 e. The number of benzene rings is 2. The van der Waals surface area contributed by atoms with Gasteiger partial charge in [0, 0.05) is 12.1 Å². The summed E-state index contributed by atoms with van der Waals surface area (Å²) in [6.07, 6.45) is 5.91. The summed E-state index contributed by atoms with van der Waals surface area (Å²) in [7, 11) is 0. The number of hydrogen-bond donors (Lipinski definition) is 0. The van der Waals surface area contributed by atoms with Crippen LogP contribution in [0.3, 0.4) is 0 Å². The van der Waals surface area contributed by atoms with Crippen molar-refractivity contribution in [1.29, 1.82) is 5.26 Å². The highest BCUT2D eigenvalue weighted by molar-refractivity contribution is 7.99. The lowest BCUT2D eigenvalue weighted by Gasteiger charge is -2.22. The van der Waals surface area contributed by atoms with Gasteiger partial charge in [-0.2, -0.15) is 5.26 Å². The molecule has 2 aromatic carbocycles. The van der Waals surface area contributed by atoms with Crippen molar-refractivity contribution in [1.82, 2.24) is 24.1 Å². The molecule has 0 saturated heterocycles. The Hall–Kier alpha value is -3.89. The van der Waals surface area contributed by atoms with Gasteiger partial charge in [-0.15, -0.1) is 16.8 Å². The average Bonchev–Trinajstić information content (AvgIpc) is 3.46. The van der Waals surface area contributed by atoms with Crippen molar-refractivity contribution in [2.45, 2.75) is 42.4 Å². The smallest absolute Gasteiger partial charge is 0.198 e. The van der Waals surface area contributed by atoms with Crippen molar-refractivity contribution in [3.63, 3.8) is 0 Å². The molecule has 7 heteroatoms. The van der Waals surface area contributed by atoms with E-state index in [1.165, 1.54) is 5.56 Å². The van der Waals surface area contributed by atoms with E-state index >= 15 is 0 Å². The fourth-order valence-electron chi connectivity index (χ4n) is 4.86. The Labute approximate surface area is 201 Å². The van der Waals surface area contributed by atoms with Gasteiger partial charge >= 0.3 is 0 Å². The van der Waals surface area contributed by atoms with E-state index in [-0.39, 0.29) is 0 Å². The van der Waals surface area contributed by atoms with E-state index in [9.17, 15) is 5.26 Å². The van der Waals surface area contributed by atoms with Crippen molar-refractivity contribution in [2.75, 3.05) is 0 Å².